The van der Waals surface area contributed by atoms with Crippen LogP contribution in [0.15, 0.2) is 30.5 Å². The number of carbonyl (C=O) groups is 1. The van der Waals surface area contributed by atoms with Gasteiger partial charge in [-0.25, -0.2) is 4.79 Å². The lowest BCUT2D eigenvalue weighted by atomic mass is 10.0. The minimum absolute atomic E-state index is 0.287. The van der Waals surface area contributed by atoms with E-state index in [1.54, 1.807) is 7.11 Å². The van der Waals surface area contributed by atoms with E-state index in [4.69, 9.17) is 9.47 Å². The summed E-state index contributed by atoms with van der Waals surface area (Å²) >= 11 is 0. The van der Waals surface area contributed by atoms with Crippen LogP contribution in [-0.2, 0) is 20.7 Å². The molecule has 0 fully saturated rings. The fourth-order valence-electron chi connectivity index (χ4n) is 3.01. The summed E-state index contributed by atoms with van der Waals surface area (Å²) in [5, 5.41) is 1.17. The highest BCUT2D eigenvalue weighted by molar-refractivity contribution is 6.17. The minimum Gasteiger partial charge on any atom is -0.462 e. The monoisotopic (exact) mass is 314 g/mol. The van der Waals surface area contributed by atoms with Crippen molar-refractivity contribution in [3.8, 4) is 0 Å². The predicted octanol–water partition coefficient (Wildman–Crippen LogP) is 2.58. The molecule has 3 rings (SSSR count). The summed E-state index contributed by atoms with van der Waals surface area (Å²) < 4.78 is 10.4. The number of esters is 1. The topological polar surface area (TPSA) is 54.6 Å². The van der Waals surface area contributed by atoms with E-state index in [1.165, 1.54) is 10.9 Å². The summed E-state index contributed by atoms with van der Waals surface area (Å²) in [6.07, 6.45) is 2.78. The Balaban J connectivity index is 2.05. The minimum atomic E-state index is -0.287. The zero-order valence-corrected chi connectivity index (χ0v) is 13.6. The molecule has 122 valence electrons. The summed E-state index contributed by atoms with van der Waals surface area (Å²) in [7, 11) is 1.68. The molecule has 23 heavy (non-hydrogen) atoms. The predicted molar refractivity (Wildman–Crippen MR) is 90.1 cm³/mol. The largest absolute Gasteiger partial charge is 0.462 e. The SMILES string of the molecule is CCOC(=O)C1=CN(CCOC)CCc2c1[nH]c1ccccc21. The summed E-state index contributed by atoms with van der Waals surface area (Å²) in [6, 6.07) is 8.16. The highest BCUT2D eigenvalue weighted by Gasteiger charge is 2.24. The molecule has 0 atom stereocenters. The van der Waals surface area contributed by atoms with Gasteiger partial charge in [0.2, 0.25) is 0 Å². The quantitative estimate of drug-likeness (QED) is 0.862. The molecule has 0 aliphatic carbocycles. The molecule has 1 aliphatic rings. The van der Waals surface area contributed by atoms with Gasteiger partial charge in [0, 0.05) is 37.3 Å². The summed E-state index contributed by atoms with van der Waals surface area (Å²) in [6.45, 7) is 4.41. The first-order valence-electron chi connectivity index (χ1n) is 7.96. The Morgan fingerprint density at radius 3 is 2.96 bits per heavy atom. The van der Waals surface area contributed by atoms with Crippen molar-refractivity contribution in [2.75, 3.05) is 33.4 Å². The second-order valence-corrected chi connectivity index (χ2v) is 5.57. The molecule has 5 heteroatoms. The zero-order valence-electron chi connectivity index (χ0n) is 13.6. The van der Waals surface area contributed by atoms with E-state index in [0.29, 0.717) is 18.8 Å². The van der Waals surface area contributed by atoms with Crippen molar-refractivity contribution in [1.82, 2.24) is 9.88 Å². The van der Waals surface area contributed by atoms with Crippen molar-refractivity contribution < 1.29 is 14.3 Å². The first-order chi connectivity index (χ1) is 11.2. The van der Waals surface area contributed by atoms with Crippen LogP contribution < -0.4 is 0 Å². The molecule has 1 aromatic carbocycles. The molecule has 0 saturated heterocycles. The highest BCUT2D eigenvalue weighted by Crippen LogP contribution is 2.31. The maximum atomic E-state index is 12.4. The Bertz CT molecular complexity index is 733. The van der Waals surface area contributed by atoms with Gasteiger partial charge < -0.3 is 19.4 Å². The molecule has 0 bridgehead atoms. The average Bonchev–Trinajstić information content (AvgIpc) is 2.82. The number of hydrogen-bond donors (Lipinski definition) is 1. The molecule has 1 aromatic heterocycles. The molecular weight excluding hydrogens is 292 g/mol. The third-order valence-electron chi connectivity index (χ3n) is 4.12. The Labute approximate surface area is 135 Å². The number of aromatic nitrogens is 1. The van der Waals surface area contributed by atoms with Gasteiger partial charge >= 0.3 is 5.97 Å². The van der Waals surface area contributed by atoms with Crippen LogP contribution >= 0.6 is 0 Å². The third kappa shape index (κ3) is 3.10. The first kappa shape index (κ1) is 15.6. The standard InChI is InChI=1S/C18H22N2O3/c1-3-23-18(21)15-12-20(10-11-22-2)9-8-14-13-6-4-5-7-16(13)19-17(14)15/h4-7,12,19H,3,8-11H2,1-2H3. The average molecular weight is 314 g/mol. The molecule has 0 radical (unpaired) electrons. The third-order valence-corrected chi connectivity index (χ3v) is 4.12. The maximum absolute atomic E-state index is 12.4. The number of rotatable bonds is 5. The molecule has 1 N–H and O–H groups in total. The van der Waals surface area contributed by atoms with Crippen LogP contribution in [0.25, 0.3) is 16.5 Å². The Kier molecular flexibility index (Phi) is 4.67. The number of hydrogen-bond acceptors (Lipinski definition) is 4. The van der Waals surface area contributed by atoms with E-state index < -0.39 is 0 Å². The van der Waals surface area contributed by atoms with Gasteiger partial charge in [-0.2, -0.15) is 0 Å². The Morgan fingerprint density at radius 1 is 1.35 bits per heavy atom. The van der Waals surface area contributed by atoms with Gasteiger partial charge in [0.25, 0.3) is 0 Å². The molecule has 2 heterocycles. The van der Waals surface area contributed by atoms with E-state index in [0.717, 1.165) is 30.7 Å². The number of nitrogens with one attached hydrogen (secondary N) is 1. The van der Waals surface area contributed by atoms with Gasteiger partial charge in [-0.15, -0.1) is 0 Å². The number of carbonyl (C=O) groups excluding carboxylic acids is 1. The van der Waals surface area contributed by atoms with Crippen LogP contribution in [0.5, 0.6) is 0 Å². The van der Waals surface area contributed by atoms with Crippen LogP contribution in [0, 0.1) is 0 Å². The number of ether oxygens (including phenoxy) is 2. The van der Waals surface area contributed by atoms with Crippen LogP contribution in [0.3, 0.4) is 0 Å². The molecule has 0 spiro atoms. The van der Waals surface area contributed by atoms with Crippen LogP contribution in [0.4, 0.5) is 0 Å². The number of methoxy groups -OCH3 is 1. The summed E-state index contributed by atoms with van der Waals surface area (Å²) in [5.74, 6) is -0.287. The molecule has 0 saturated carbocycles. The van der Waals surface area contributed by atoms with Gasteiger partial charge in [-0.05, 0) is 25.0 Å². The second-order valence-electron chi connectivity index (χ2n) is 5.57. The Morgan fingerprint density at radius 2 is 2.17 bits per heavy atom. The summed E-state index contributed by atoms with van der Waals surface area (Å²) in [4.78, 5) is 18.0. The number of para-hydroxylation sites is 1. The lowest BCUT2D eigenvalue weighted by Crippen LogP contribution is -2.24. The second kappa shape index (κ2) is 6.87. The molecular formula is C18H22N2O3. The summed E-state index contributed by atoms with van der Waals surface area (Å²) in [5.41, 5.74) is 3.70. The van der Waals surface area contributed by atoms with Gasteiger partial charge in [0.1, 0.15) is 0 Å². The van der Waals surface area contributed by atoms with Crippen molar-refractivity contribution in [2.45, 2.75) is 13.3 Å². The number of nitrogens with zero attached hydrogens (tertiary/aromatic N) is 1. The van der Waals surface area contributed by atoms with E-state index in [2.05, 4.69) is 16.0 Å². The van der Waals surface area contributed by atoms with E-state index in [9.17, 15) is 4.79 Å². The number of benzene rings is 1. The zero-order chi connectivity index (χ0) is 16.2. The number of fused-ring (bicyclic) bond motifs is 3. The van der Waals surface area contributed by atoms with E-state index in [-0.39, 0.29) is 5.97 Å². The fourth-order valence-corrected chi connectivity index (χ4v) is 3.01. The highest BCUT2D eigenvalue weighted by atomic mass is 16.5. The normalized spacial score (nSPS) is 14.3. The smallest absolute Gasteiger partial charge is 0.341 e. The van der Waals surface area contributed by atoms with Gasteiger partial charge in [-0.3, -0.25) is 0 Å². The lowest BCUT2D eigenvalue weighted by molar-refractivity contribution is -0.136. The van der Waals surface area contributed by atoms with Gasteiger partial charge in [0.15, 0.2) is 0 Å². The van der Waals surface area contributed by atoms with Crippen molar-refractivity contribution in [3.05, 3.63) is 41.7 Å². The molecule has 0 unspecified atom stereocenters. The molecule has 2 aromatic rings. The van der Waals surface area contributed by atoms with Crippen molar-refractivity contribution in [2.24, 2.45) is 0 Å². The molecule has 0 amide bonds. The number of H-pyrrole nitrogens is 1. The molecule has 5 nitrogen and oxygen atoms in total. The van der Waals surface area contributed by atoms with Gasteiger partial charge in [0.05, 0.1) is 24.5 Å². The van der Waals surface area contributed by atoms with E-state index >= 15 is 0 Å². The van der Waals surface area contributed by atoms with Gasteiger partial charge in [-0.1, -0.05) is 18.2 Å². The Hall–Kier alpha value is -2.27. The van der Waals surface area contributed by atoms with E-state index in [1.807, 2.05) is 31.3 Å². The number of aromatic amines is 1. The van der Waals surface area contributed by atoms with Crippen LogP contribution in [-0.4, -0.2) is 49.3 Å². The lowest BCUT2D eigenvalue weighted by Gasteiger charge is -2.19. The van der Waals surface area contributed by atoms with Crippen molar-refractivity contribution in [3.63, 3.8) is 0 Å². The molecule has 1 aliphatic heterocycles. The van der Waals surface area contributed by atoms with Crippen LogP contribution in [0.2, 0.25) is 0 Å². The maximum Gasteiger partial charge on any atom is 0.341 e. The van der Waals surface area contributed by atoms with Crippen molar-refractivity contribution in [1.29, 1.82) is 0 Å². The van der Waals surface area contributed by atoms with Crippen molar-refractivity contribution >= 4 is 22.4 Å². The van der Waals surface area contributed by atoms with Crippen LogP contribution in [0.1, 0.15) is 18.2 Å². The first-order valence-corrected chi connectivity index (χ1v) is 7.96. The fraction of sp³-hybridized carbons (Fsp3) is 0.389.